The molecule has 1 atom stereocenters. The molecule has 5 heteroatoms. The van der Waals surface area contributed by atoms with Crippen LogP contribution in [0.25, 0.3) is 0 Å². The number of nitrogens with one attached hydrogen (secondary N) is 2. The maximum Gasteiger partial charge on any atom is 0.226 e. The first-order chi connectivity index (χ1) is 8.66. The highest BCUT2D eigenvalue weighted by molar-refractivity contribution is 14.1. The van der Waals surface area contributed by atoms with E-state index in [1.54, 1.807) is 0 Å². The molecule has 1 saturated heterocycles. The van der Waals surface area contributed by atoms with Gasteiger partial charge in [0.25, 0.3) is 0 Å². The zero-order valence-corrected chi connectivity index (χ0v) is 12.5. The van der Waals surface area contributed by atoms with E-state index in [1.807, 2.05) is 25.1 Å². The van der Waals surface area contributed by atoms with Gasteiger partial charge in [0.15, 0.2) is 0 Å². The van der Waals surface area contributed by atoms with Crippen LogP contribution in [0.1, 0.15) is 12.0 Å². The lowest BCUT2D eigenvalue weighted by Crippen LogP contribution is -2.43. The van der Waals surface area contributed by atoms with Crippen LogP contribution in [0, 0.1) is 10.5 Å². The second-order valence-corrected chi connectivity index (χ2v) is 5.55. The Morgan fingerprint density at radius 1 is 1.61 bits per heavy atom. The predicted octanol–water partition coefficient (Wildman–Crippen LogP) is 1.92. The smallest absolute Gasteiger partial charge is 0.226 e. The van der Waals surface area contributed by atoms with Crippen molar-refractivity contribution in [3.05, 3.63) is 27.3 Å². The lowest BCUT2D eigenvalue weighted by Gasteiger charge is -2.23. The van der Waals surface area contributed by atoms with Crippen LogP contribution in [0.4, 0.5) is 5.69 Å². The van der Waals surface area contributed by atoms with Crippen LogP contribution in [0.15, 0.2) is 18.2 Å². The molecule has 4 nitrogen and oxygen atoms in total. The van der Waals surface area contributed by atoms with Crippen molar-refractivity contribution in [3.8, 4) is 0 Å². The lowest BCUT2D eigenvalue weighted by atomic mass is 10.1. The zero-order valence-electron chi connectivity index (χ0n) is 10.3. The van der Waals surface area contributed by atoms with E-state index in [4.69, 9.17) is 4.74 Å². The molecule has 0 aromatic heterocycles. The first-order valence-electron chi connectivity index (χ1n) is 6.03. The fraction of sp³-hybridized carbons (Fsp3) is 0.462. The molecule has 1 aromatic rings. The zero-order chi connectivity index (χ0) is 13.0. The Bertz CT molecular complexity index is 431. The van der Waals surface area contributed by atoms with Crippen LogP contribution in [0.5, 0.6) is 0 Å². The minimum atomic E-state index is 0.0306. The fourth-order valence-corrected chi connectivity index (χ4v) is 2.42. The molecule has 1 aliphatic heterocycles. The number of ether oxygens (including phenoxy) is 1. The van der Waals surface area contributed by atoms with Gasteiger partial charge in [0.2, 0.25) is 5.91 Å². The number of carbonyl (C=O) groups excluding carboxylic acids is 1. The molecule has 1 fully saturated rings. The SMILES string of the molecule is Cc1c(I)cccc1NC(=O)CC1COCCN1. The third-order valence-corrected chi connectivity index (χ3v) is 4.14. The van der Waals surface area contributed by atoms with Crippen LogP contribution >= 0.6 is 22.6 Å². The third-order valence-electron chi connectivity index (χ3n) is 2.97. The van der Waals surface area contributed by atoms with Crippen molar-refractivity contribution in [2.45, 2.75) is 19.4 Å². The first-order valence-corrected chi connectivity index (χ1v) is 7.11. The summed E-state index contributed by atoms with van der Waals surface area (Å²) in [5.41, 5.74) is 2.00. The Hall–Kier alpha value is -0.660. The summed E-state index contributed by atoms with van der Waals surface area (Å²) in [7, 11) is 0. The van der Waals surface area contributed by atoms with Gasteiger partial charge in [0, 0.05) is 28.3 Å². The van der Waals surface area contributed by atoms with E-state index in [0.717, 1.165) is 28.0 Å². The molecule has 1 amide bonds. The van der Waals surface area contributed by atoms with Gasteiger partial charge in [-0.25, -0.2) is 0 Å². The monoisotopic (exact) mass is 360 g/mol. The summed E-state index contributed by atoms with van der Waals surface area (Å²) in [6.45, 7) is 4.17. The Kier molecular flexibility index (Phi) is 4.96. The molecule has 1 aliphatic rings. The molecule has 1 heterocycles. The molecule has 1 unspecified atom stereocenters. The number of carbonyl (C=O) groups is 1. The van der Waals surface area contributed by atoms with Gasteiger partial charge >= 0.3 is 0 Å². The summed E-state index contributed by atoms with van der Waals surface area (Å²) in [5.74, 6) is 0.0306. The first kappa shape index (κ1) is 13.8. The van der Waals surface area contributed by atoms with Crippen LogP contribution < -0.4 is 10.6 Å². The Morgan fingerprint density at radius 2 is 2.44 bits per heavy atom. The minimum absolute atomic E-state index is 0.0306. The molecule has 0 saturated carbocycles. The quantitative estimate of drug-likeness (QED) is 0.810. The van der Waals surface area contributed by atoms with Gasteiger partial charge in [-0.05, 0) is 47.2 Å². The molecule has 98 valence electrons. The summed E-state index contributed by atoms with van der Waals surface area (Å²) in [5, 5.41) is 6.23. The van der Waals surface area contributed by atoms with Gasteiger partial charge < -0.3 is 15.4 Å². The third kappa shape index (κ3) is 3.66. The Morgan fingerprint density at radius 3 is 3.17 bits per heavy atom. The maximum absolute atomic E-state index is 11.9. The van der Waals surface area contributed by atoms with E-state index in [1.165, 1.54) is 0 Å². The number of halogens is 1. The summed E-state index contributed by atoms with van der Waals surface area (Å²) >= 11 is 2.27. The minimum Gasteiger partial charge on any atom is -0.378 e. The number of morpholine rings is 1. The number of amides is 1. The summed E-state index contributed by atoms with van der Waals surface area (Å²) in [4.78, 5) is 11.9. The second kappa shape index (κ2) is 6.49. The van der Waals surface area contributed by atoms with Gasteiger partial charge in [-0.15, -0.1) is 0 Å². The molecule has 2 N–H and O–H groups in total. The number of hydrogen-bond donors (Lipinski definition) is 2. The Labute approximate surface area is 121 Å². The molecule has 0 aliphatic carbocycles. The highest BCUT2D eigenvalue weighted by atomic mass is 127. The van der Waals surface area contributed by atoms with Crippen LogP contribution in [-0.2, 0) is 9.53 Å². The molecule has 0 spiro atoms. The van der Waals surface area contributed by atoms with E-state index in [9.17, 15) is 4.79 Å². The Balaban J connectivity index is 1.92. The van der Waals surface area contributed by atoms with Crippen molar-refractivity contribution >= 4 is 34.2 Å². The predicted molar refractivity (Wildman–Crippen MR) is 79.8 cm³/mol. The van der Waals surface area contributed by atoms with Gasteiger partial charge in [-0.1, -0.05) is 6.07 Å². The van der Waals surface area contributed by atoms with Gasteiger partial charge in [-0.3, -0.25) is 4.79 Å². The normalized spacial score (nSPS) is 19.6. The number of hydrogen-bond acceptors (Lipinski definition) is 3. The van der Waals surface area contributed by atoms with Crippen LogP contribution in [-0.4, -0.2) is 31.7 Å². The molecule has 18 heavy (non-hydrogen) atoms. The molecular weight excluding hydrogens is 343 g/mol. The highest BCUT2D eigenvalue weighted by Gasteiger charge is 2.17. The standard InChI is InChI=1S/C13H17IN2O2/c1-9-11(14)3-2-4-12(9)16-13(17)7-10-8-18-6-5-15-10/h2-4,10,15H,5-8H2,1H3,(H,16,17). The summed E-state index contributed by atoms with van der Waals surface area (Å²) in [6.07, 6.45) is 0.449. The van der Waals surface area contributed by atoms with Crippen LogP contribution in [0.3, 0.4) is 0 Å². The maximum atomic E-state index is 11.9. The fourth-order valence-electron chi connectivity index (χ4n) is 1.92. The van der Waals surface area contributed by atoms with Crippen molar-refractivity contribution in [3.63, 3.8) is 0 Å². The molecule has 0 radical (unpaired) electrons. The van der Waals surface area contributed by atoms with Gasteiger partial charge in [0.1, 0.15) is 0 Å². The largest absolute Gasteiger partial charge is 0.378 e. The van der Waals surface area contributed by atoms with Crippen molar-refractivity contribution in [1.29, 1.82) is 0 Å². The average Bonchev–Trinajstić information content (AvgIpc) is 2.36. The van der Waals surface area contributed by atoms with E-state index < -0.39 is 0 Å². The number of rotatable bonds is 3. The summed E-state index contributed by atoms with van der Waals surface area (Å²) < 4.78 is 6.49. The van der Waals surface area contributed by atoms with Gasteiger partial charge in [-0.2, -0.15) is 0 Å². The van der Waals surface area contributed by atoms with Crippen molar-refractivity contribution in [2.75, 3.05) is 25.1 Å². The van der Waals surface area contributed by atoms with Crippen LogP contribution in [0.2, 0.25) is 0 Å². The summed E-state index contributed by atoms with van der Waals surface area (Å²) in [6, 6.07) is 6.04. The van der Waals surface area contributed by atoms with Crippen molar-refractivity contribution in [2.24, 2.45) is 0 Å². The molecule has 1 aromatic carbocycles. The van der Waals surface area contributed by atoms with E-state index >= 15 is 0 Å². The second-order valence-electron chi connectivity index (χ2n) is 4.39. The van der Waals surface area contributed by atoms with E-state index in [-0.39, 0.29) is 11.9 Å². The van der Waals surface area contributed by atoms with Crippen molar-refractivity contribution < 1.29 is 9.53 Å². The van der Waals surface area contributed by atoms with Gasteiger partial charge in [0.05, 0.1) is 13.2 Å². The molecule has 2 rings (SSSR count). The molecular formula is C13H17IN2O2. The number of benzene rings is 1. The van der Waals surface area contributed by atoms with E-state index in [0.29, 0.717) is 13.0 Å². The highest BCUT2D eigenvalue weighted by Crippen LogP contribution is 2.20. The number of anilines is 1. The van der Waals surface area contributed by atoms with E-state index in [2.05, 4.69) is 33.2 Å². The van der Waals surface area contributed by atoms with Crippen molar-refractivity contribution in [1.82, 2.24) is 5.32 Å². The molecule has 0 bridgehead atoms. The average molecular weight is 360 g/mol. The topological polar surface area (TPSA) is 50.4 Å². The lowest BCUT2D eigenvalue weighted by molar-refractivity contribution is -0.117.